The van der Waals surface area contributed by atoms with Gasteiger partial charge in [-0.05, 0) is 40.1 Å². The third-order valence-corrected chi connectivity index (χ3v) is 2.76. The first-order valence-electron chi connectivity index (χ1n) is 4.42. The Kier molecular flexibility index (Phi) is 2.78. The lowest BCUT2D eigenvalue weighted by Crippen LogP contribution is -2.47. The van der Waals surface area contributed by atoms with Crippen molar-refractivity contribution in [2.75, 3.05) is 14.1 Å². The lowest BCUT2D eigenvalue weighted by molar-refractivity contribution is 0.146. The topological polar surface area (TPSA) is 42.4 Å². The summed E-state index contributed by atoms with van der Waals surface area (Å²) in [5.41, 5.74) is 5.98. The van der Waals surface area contributed by atoms with Crippen LogP contribution in [0.25, 0.3) is 0 Å². The Bertz CT molecular complexity index is 252. The van der Waals surface area contributed by atoms with E-state index in [1.54, 1.807) is 6.26 Å². The van der Waals surface area contributed by atoms with Crippen LogP contribution in [0.15, 0.2) is 22.8 Å². The van der Waals surface area contributed by atoms with E-state index >= 15 is 0 Å². The van der Waals surface area contributed by atoms with Crippen LogP contribution in [0.3, 0.4) is 0 Å². The zero-order chi connectivity index (χ0) is 10.1. The molecule has 0 saturated carbocycles. The van der Waals surface area contributed by atoms with E-state index in [0.29, 0.717) is 0 Å². The average molecular weight is 182 g/mol. The normalized spacial score (nSPS) is 14.9. The number of nitrogens with zero attached hydrogens (tertiary/aromatic N) is 1. The van der Waals surface area contributed by atoms with Gasteiger partial charge in [0.05, 0.1) is 12.3 Å². The molecule has 0 aliphatic rings. The van der Waals surface area contributed by atoms with Gasteiger partial charge in [-0.1, -0.05) is 0 Å². The van der Waals surface area contributed by atoms with Crippen LogP contribution in [0.4, 0.5) is 0 Å². The quantitative estimate of drug-likeness (QED) is 0.772. The van der Waals surface area contributed by atoms with Crippen LogP contribution in [0, 0.1) is 0 Å². The van der Waals surface area contributed by atoms with Crippen LogP contribution in [0.1, 0.15) is 25.6 Å². The highest BCUT2D eigenvalue weighted by atomic mass is 16.3. The van der Waals surface area contributed by atoms with Gasteiger partial charge in [0.2, 0.25) is 0 Å². The van der Waals surface area contributed by atoms with Gasteiger partial charge in [0, 0.05) is 5.54 Å². The van der Waals surface area contributed by atoms with Gasteiger partial charge in [-0.25, -0.2) is 0 Å². The summed E-state index contributed by atoms with van der Waals surface area (Å²) >= 11 is 0. The average Bonchev–Trinajstić information content (AvgIpc) is 2.54. The van der Waals surface area contributed by atoms with Crippen LogP contribution >= 0.6 is 0 Å². The number of rotatable bonds is 3. The molecule has 0 aromatic carbocycles. The minimum atomic E-state index is -0.0995. The van der Waals surface area contributed by atoms with Gasteiger partial charge < -0.3 is 15.1 Å². The Morgan fingerprint density at radius 3 is 2.46 bits per heavy atom. The molecule has 0 fully saturated rings. The molecule has 3 heteroatoms. The third-order valence-electron chi connectivity index (χ3n) is 2.76. The summed E-state index contributed by atoms with van der Waals surface area (Å²) in [4.78, 5) is 2.10. The Morgan fingerprint density at radius 2 is 2.08 bits per heavy atom. The fourth-order valence-electron chi connectivity index (χ4n) is 1.09. The van der Waals surface area contributed by atoms with E-state index in [1.807, 2.05) is 26.2 Å². The number of nitrogens with two attached hydrogens (primary N) is 1. The molecule has 3 nitrogen and oxygen atoms in total. The van der Waals surface area contributed by atoms with Crippen molar-refractivity contribution in [3.05, 3.63) is 24.2 Å². The monoisotopic (exact) mass is 182 g/mol. The van der Waals surface area contributed by atoms with Gasteiger partial charge in [-0.2, -0.15) is 0 Å². The molecule has 1 heterocycles. The maximum Gasteiger partial charge on any atom is 0.122 e. The van der Waals surface area contributed by atoms with E-state index in [2.05, 4.69) is 18.7 Å². The fraction of sp³-hybridized carbons (Fsp3) is 0.600. The highest BCUT2D eigenvalue weighted by Crippen LogP contribution is 2.26. The number of likely N-dealkylation sites (N-methyl/N-ethyl adjacent to an activating group) is 1. The molecule has 0 saturated heterocycles. The van der Waals surface area contributed by atoms with Crippen LogP contribution in [0.5, 0.6) is 0 Å². The zero-order valence-electron chi connectivity index (χ0n) is 8.74. The van der Waals surface area contributed by atoms with E-state index in [0.717, 1.165) is 5.76 Å². The smallest absolute Gasteiger partial charge is 0.122 e. The van der Waals surface area contributed by atoms with Crippen molar-refractivity contribution in [2.24, 2.45) is 5.73 Å². The lowest BCUT2D eigenvalue weighted by Gasteiger charge is -2.36. The molecule has 0 aliphatic carbocycles. The van der Waals surface area contributed by atoms with Crippen molar-refractivity contribution < 1.29 is 4.42 Å². The summed E-state index contributed by atoms with van der Waals surface area (Å²) in [6.45, 7) is 4.19. The Balaban J connectivity index is 2.84. The van der Waals surface area contributed by atoms with Crippen molar-refractivity contribution in [1.82, 2.24) is 4.90 Å². The maximum atomic E-state index is 6.08. The second kappa shape index (κ2) is 3.52. The van der Waals surface area contributed by atoms with Gasteiger partial charge in [-0.15, -0.1) is 0 Å². The zero-order valence-corrected chi connectivity index (χ0v) is 8.74. The molecule has 1 aromatic heterocycles. The maximum absolute atomic E-state index is 6.08. The molecule has 0 spiro atoms. The van der Waals surface area contributed by atoms with Crippen LogP contribution in [-0.4, -0.2) is 24.5 Å². The lowest BCUT2D eigenvalue weighted by atomic mass is 9.92. The third kappa shape index (κ3) is 1.92. The van der Waals surface area contributed by atoms with Gasteiger partial charge >= 0.3 is 0 Å². The van der Waals surface area contributed by atoms with E-state index < -0.39 is 0 Å². The van der Waals surface area contributed by atoms with Gasteiger partial charge in [-0.3, -0.25) is 0 Å². The van der Waals surface area contributed by atoms with Gasteiger partial charge in [0.1, 0.15) is 5.76 Å². The Labute approximate surface area is 79.5 Å². The molecular formula is C10H18N2O. The van der Waals surface area contributed by atoms with Gasteiger partial charge in [0.15, 0.2) is 0 Å². The predicted molar refractivity (Wildman–Crippen MR) is 53.4 cm³/mol. The van der Waals surface area contributed by atoms with Crippen molar-refractivity contribution in [3.8, 4) is 0 Å². The number of hydrogen-bond acceptors (Lipinski definition) is 3. The summed E-state index contributed by atoms with van der Waals surface area (Å²) in [6, 6.07) is 3.68. The first-order chi connectivity index (χ1) is 5.96. The van der Waals surface area contributed by atoms with E-state index in [1.165, 1.54) is 0 Å². The fourth-order valence-corrected chi connectivity index (χ4v) is 1.09. The van der Waals surface area contributed by atoms with Crippen molar-refractivity contribution in [3.63, 3.8) is 0 Å². The predicted octanol–water partition coefficient (Wildman–Crippen LogP) is 1.62. The van der Waals surface area contributed by atoms with Gasteiger partial charge in [0.25, 0.3) is 0 Å². The second-order valence-electron chi connectivity index (χ2n) is 4.04. The molecule has 1 unspecified atom stereocenters. The molecule has 13 heavy (non-hydrogen) atoms. The van der Waals surface area contributed by atoms with Crippen LogP contribution < -0.4 is 5.73 Å². The van der Waals surface area contributed by atoms with E-state index in [9.17, 15) is 0 Å². The summed E-state index contributed by atoms with van der Waals surface area (Å²) < 4.78 is 5.28. The molecule has 0 aliphatic heterocycles. The van der Waals surface area contributed by atoms with Crippen LogP contribution in [-0.2, 0) is 0 Å². The SMILES string of the molecule is CN(C)C(C)(C)C(N)c1ccco1. The highest BCUT2D eigenvalue weighted by molar-refractivity contribution is 5.09. The largest absolute Gasteiger partial charge is 0.468 e. The summed E-state index contributed by atoms with van der Waals surface area (Å²) in [6.07, 6.45) is 1.65. The molecular weight excluding hydrogens is 164 g/mol. The van der Waals surface area contributed by atoms with E-state index in [4.69, 9.17) is 10.2 Å². The van der Waals surface area contributed by atoms with Crippen molar-refractivity contribution in [2.45, 2.75) is 25.4 Å². The molecule has 0 bridgehead atoms. The first kappa shape index (κ1) is 10.3. The minimum absolute atomic E-state index is 0.0994. The van der Waals surface area contributed by atoms with Crippen molar-refractivity contribution in [1.29, 1.82) is 0 Å². The Hall–Kier alpha value is -0.800. The highest BCUT2D eigenvalue weighted by Gasteiger charge is 2.31. The minimum Gasteiger partial charge on any atom is -0.468 e. The van der Waals surface area contributed by atoms with Crippen LogP contribution in [0.2, 0.25) is 0 Å². The molecule has 1 atom stereocenters. The molecule has 74 valence electrons. The standard InChI is InChI=1S/C10H18N2O/c1-10(2,12(3)4)9(11)8-6-5-7-13-8/h5-7,9H,11H2,1-4H3. The number of hydrogen-bond donors (Lipinski definition) is 1. The molecule has 2 N–H and O–H groups in total. The number of furan rings is 1. The molecule has 0 amide bonds. The van der Waals surface area contributed by atoms with Crippen molar-refractivity contribution >= 4 is 0 Å². The molecule has 1 aromatic rings. The van der Waals surface area contributed by atoms with E-state index in [-0.39, 0.29) is 11.6 Å². The second-order valence-corrected chi connectivity index (χ2v) is 4.04. The first-order valence-corrected chi connectivity index (χ1v) is 4.42. The molecule has 0 radical (unpaired) electrons. The summed E-state index contributed by atoms with van der Waals surface area (Å²) in [5, 5.41) is 0. The summed E-state index contributed by atoms with van der Waals surface area (Å²) in [5.74, 6) is 0.832. The molecule has 1 rings (SSSR count). The Morgan fingerprint density at radius 1 is 1.46 bits per heavy atom. The summed E-state index contributed by atoms with van der Waals surface area (Å²) in [7, 11) is 4.03.